The topological polar surface area (TPSA) is 105 Å². The summed E-state index contributed by atoms with van der Waals surface area (Å²) in [5.74, 6) is -0.854. The molecule has 188 valence electrons. The van der Waals surface area contributed by atoms with Crippen molar-refractivity contribution in [2.24, 2.45) is 0 Å². The second-order valence-electron chi connectivity index (χ2n) is 8.75. The standard InChI is InChI=1S/C27H34N2O5S/c1-3-4-9-18(16-25(30)29-24(26(31)32)14-15-35-2)28-27(33)34-17-23-21-12-7-5-10-19(21)20-11-6-8-13-22(20)23/h5-8,10-13,18,23-24H,3-4,9,14-17H2,1-2H3,(H,28,33)(H,29,30)(H,31,32)/t18-,24+/m1/s1. The fourth-order valence-electron chi connectivity index (χ4n) is 4.45. The van der Waals surface area contributed by atoms with Crippen LogP contribution in [0.1, 0.15) is 56.1 Å². The Balaban J connectivity index is 1.59. The van der Waals surface area contributed by atoms with Gasteiger partial charge in [0.2, 0.25) is 5.91 Å². The first-order chi connectivity index (χ1) is 16.9. The molecular formula is C27H34N2O5S. The minimum atomic E-state index is -1.05. The summed E-state index contributed by atoms with van der Waals surface area (Å²) in [6, 6.07) is 14.9. The van der Waals surface area contributed by atoms with Crippen LogP contribution in [-0.4, -0.2) is 53.8 Å². The van der Waals surface area contributed by atoms with Gasteiger partial charge in [-0.1, -0.05) is 68.3 Å². The molecule has 2 atom stereocenters. The maximum Gasteiger partial charge on any atom is 0.407 e. The fraction of sp³-hybridized carbons (Fsp3) is 0.444. The summed E-state index contributed by atoms with van der Waals surface area (Å²) in [7, 11) is 0. The van der Waals surface area contributed by atoms with Gasteiger partial charge in [-0.05, 0) is 47.1 Å². The van der Waals surface area contributed by atoms with Crippen LogP contribution in [0.2, 0.25) is 0 Å². The summed E-state index contributed by atoms with van der Waals surface area (Å²) in [6.07, 6.45) is 4.02. The highest BCUT2D eigenvalue weighted by Gasteiger charge is 2.29. The highest BCUT2D eigenvalue weighted by atomic mass is 32.2. The van der Waals surface area contributed by atoms with Crippen molar-refractivity contribution in [3.63, 3.8) is 0 Å². The van der Waals surface area contributed by atoms with Crippen molar-refractivity contribution in [3.8, 4) is 11.1 Å². The predicted molar refractivity (Wildman–Crippen MR) is 139 cm³/mol. The largest absolute Gasteiger partial charge is 0.480 e. The molecule has 0 saturated carbocycles. The average Bonchev–Trinajstić information content (AvgIpc) is 3.17. The van der Waals surface area contributed by atoms with Gasteiger partial charge in [-0.15, -0.1) is 0 Å². The van der Waals surface area contributed by atoms with E-state index in [2.05, 4.69) is 34.9 Å². The summed E-state index contributed by atoms with van der Waals surface area (Å²) in [5, 5.41) is 14.8. The van der Waals surface area contributed by atoms with Crippen molar-refractivity contribution < 1.29 is 24.2 Å². The number of alkyl carbamates (subject to hydrolysis) is 1. The third kappa shape index (κ3) is 7.24. The lowest BCUT2D eigenvalue weighted by Gasteiger charge is -2.21. The smallest absolute Gasteiger partial charge is 0.407 e. The van der Waals surface area contributed by atoms with E-state index in [4.69, 9.17) is 4.74 Å². The monoisotopic (exact) mass is 498 g/mol. The highest BCUT2D eigenvalue weighted by Crippen LogP contribution is 2.44. The maximum absolute atomic E-state index is 12.7. The van der Waals surface area contributed by atoms with Crippen LogP contribution in [0.3, 0.4) is 0 Å². The molecule has 0 fully saturated rings. The molecule has 0 aromatic heterocycles. The molecule has 2 aromatic rings. The lowest BCUT2D eigenvalue weighted by molar-refractivity contribution is -0.141. The van der Waals surface area contributed by atoms with Crippen LogP contribution >= 0.6 is 11.8 Å². The minimum Gasteiger partial charge on any atom is -0.480 e. The number of hydrogen-bond donors (Lipinski definition) is 3. The number of aliphatic carboxylic acids is 1. The number of amides is 2. The van der Waals surface area contributed by atoms with Gasteiger partial charge in [0.25, 0.3) is 0 Å². The van der Waals surface area contributed by atoms with Crippen LogP contribution in [-0.2, 0) is 14.3 Å². The van der Waals surface area contributed by atoms with Gasteiger partial charge >= 0.3 is 12.1 Å². The Bertz CT molecular complexity index is 983. The fourth-order valence-corrected chi connectivity index (χ4v) is 4.92. The zero-order valence-corrected chi connectivity index (χ0v) is 21.1. The molecule has 1 aliphatic rings. The van der Waals surface area contributed by atoms with Crippen LogP contribution in [0.25, 0.3) is 11.1 Å². The van der Waals surface area contributed by atoms with E-state index in [1.807, 2.05) is 37.4 Å². The van der Waals surface area contributed by atoms with E-state index in [0.717, 1.165) is 35.1 Å². The van der Waals surface area contributed by atoms with Crippen LogP contribution in [0.15, 0.2) is 48.5 Å². The Morgan fingerprint density at radius 2 is 1.63 bits per heavy atom. The molecule has 0 bridgehead atoms. The molecule has 2 aromatic carbocycles. The Morgan fingerprint density at radius 3 is 2.20 bits per heavy atom. The molecule has 0 aliphatic heterocycles. The number of carbonyl (C=O) groups is 3. The van der Waals surface area contributed by atoms with Crippen LogP contribution < -0.4 is 10.6 Å². The SMILES string of the molecule is CCCC[C@H](CC(=O)N[C@@H](CCSC)C(=O)O)NC(=O)OCC1c2ccccc2-c2ccccc21. The summed E-state index contributed by atoms with van der Waals surface area (Å²) >= 11 is 1.53. The third-order valence-electron chi connectivity index (χ3n) is 6.25. The third-order valence-corrected chi connectivity index (χ3v) is 6.89. The van der Waals surface area contributed by atoms with E-state index in [-0.39, 0.29) is 18.9 Å². The predicted octanol–water partition coefficient (Wildman–Crippen LogP) is 4.80. The molecule has 0 saturated heterocycles. The van der Waals surface area contributed by atoms with Gasteiger partial charge in [0.05, 0.1) is 0 Å². The van der Waals surface area contributed by atoms with E-state index in [1.165, 1.54) is 11.8 Å². The van der Waals surface area contributed by atoms with Crippen molar-refractivity contribution in [2.75, 3.05) is 18.6 Å². The van der Waals surface area contributed by atoms with Crippen LogP contribution in [0, 0.1) is 0 Å². The van der Waals surface area contributed by atoms with Gasteiger partial charge < -0.3 is 20.5 Å². The number of unbranched alkanes of at least 4 members (excludes halogenated alkanes) is 1. The molecule has 0 spiro atoms. The second kappa shape index (κ2) is 13.2. The molecule has 7 nitrogen and oxygen atoms in total. The molecule has 3 rings (SSSR count). The number of thioether (sulfide) groups is 1. The van der Waals surface area contributed by atoms with E-state index in [9.17, 15) is 19.5 Å². The van der Waals surface area contributed by atoms with Gasteiger partial charge in [-0.25, -0.2) is 9.59 Å². The Kier molecular flexibility index (Phi) is 10.0. The number of carboxylic acids is 1. The van der Waals surface area contributed by atoms with Gasteiger partial charge in [-0.3, -0.25) is 4.79 Å². The molecule has 2 amide bonds. The lowest BCUT2D eigenvalue weighted by atomic mass is 9.98. The molecular weight excluding hydrogens is 464 g/mol. The number of hydrogen-bond acceptors (Lipinski definition) is 5. The maximum atomic E-state index is 12.7. The van der Waals surface area contributed by atoms with Crippen LogP contribution in [0.5, 0.6) is 0 Å². The molecule has 3 N–H and O–H groups in total. The summed E-state index contributed by atoms with van der Waals surface area (Å²) in [5.41, 5.74) is 4.58. The first-order valence-electron chi connectivity index (χ1n) is 12.1. The quantitative estimate of drug-likeness (QED) is 0.367. The number of nitrogens with one attached hydrogen (secondary N) is 2. The highest BCUT2D eigenvalue weighted by molar-refractivity contribution is 7.98. The summed E-state index contributed by atoms with van der Waals surface area (Å²) < 4.78 is 5.63. The Hall–Kier alpha value is -3.00. The number of carboxylic acid groups (broad SMARTS) is 1. The van der Waals surface area contributed by atoms with E-state index < -0.39 is 30.1 Å². The number of fused-ring (bicyclic) bond motifs is 3. The summed E-state index contributed by atoms with van der Waals surface area (Å²) in [4.78, 5) is 36.7. The molecule has 1 aliphatic carbocycles. The first kappa shape index (κ1) is 26.6. The Labute approximate surface area is 211 Å². The van der Waals surface area contributed by atoms with Crippen molar-refractivity contribution in [3.05, 3.63) is 59.7 Å². The summed E-state index contributed by atoms with van der Waals surface area (Å²) in [6.45, 7) is 2.23. The molecule has 0 unspecified atom stereocenters. The van der Waals surface area contributed by atoms with E-state index in [1.54, 1.807) is 0 Å². The number of benzene rings is 2. The average molecular weight is 499 g/mol. The lowest BCUT2D eigenvalue weighted by Crippen LogP contribution is -2.45. The van der Waals surface area contributed by atoms with Crippen molar-refractivity contribution in [2.45, 2.75) is 57.0 Å². The number of carbonyl (C=O) groups excluding carboxylic acids is 2. The zero-order valence-electron chi connectivity index (χ0n) is 20.3. The second-order valence-corrected chi connectivity index (χ2v) is 9.74. The molecule has 35 heavy (non-hydrogen) atoms. The van der Waals surface area contributed by atoms with E-state index in [0.29, 0.717) is 18.6 Å². The van der Waals surface area contributed by atoms with E-state index >= 15 is 0 Å². The van der Waals surface area contributed by atoms with Crippen molar-refractivity contribution >= 4 is 29.7 Å². The molecule has 0 radical (unpaired) electrons. The zero-order chi connectivity index (χ0) is 25.2. The first-order valence-corrected chi connectivity index (χ1v) is 13.5. The van der Waals surface area contributed by atoms with Gasteiger partial charge in [0, 0.05) is 18.4 Å². The molecule has 8 heteroatoms. The molecule has 0 heterocycles. The van der Waals surface area contributed by atoms with Gasteiger partial charge in [0.1, 0.15) is 12.6 Å². The number of ether oxygens (including phenoxy) is 1. The van der Waals surface area contributed by atoms with Crippen molar-refractivity contribution in [1.82, 2.24) is 10.6 Å². The Morgan fingerprint density at radius 1 is 1.00 bits per heavy atom. The van der Waals surface area contributed by atoms with Gasteiger partial charge in [-0.2, -0.15) is 11.8 Å². The van der Waals surface area contributed by atoms with Gasteiger partial charge in [0.15, 0.2) is 0 Å². The minimum absolute atomic E-state index is 0.00719. The van der Waals surface area contributed by atoms with Crippen molar-refractivity contribution in [1.29, 1.82) is 0 Å². The number of rotatable bonds is 13. The normalized spacial score (nSPS) is 13.9. The van der Waals surface area contributed by atoms with Crippen LogP contribution in [0.4, 0.5) is 4.79 Å².